The Kier molecular flexibility index (Phi) is 8.52. The summed E-state index contributed by atoms with van der Waals surface area (Å²) in [5, 5.41) is 3.60. The molecule has 0 unspecified atom stereocenters. The molecule has 0 spiro atoms. The fraction of sp³-hybridized carbons (Fsp3) is 0.364. The van der Waals surface area contributed by atoms with E-state index in [1.807, 2.05) is 50.2 Å². The topological polar surface area (TPSA) is 49.4 Å². The van der Waals surface area contributed by atoms with Gasteiger partial charge in [0.2, 0.25) is 11.8 Å². The highest BCUT2D eigenvalue weighted by molar-refractivity contribution is 9.10. The van der Waals surface area contributed by atoms with Gasteiger partial charge in [-0.15, -0.1) is 0 Å². The standard InChI is InChI=1S/C22H26BrClN2O2/c1-4-15(2)25-22(28)16(3)26(14-18-6-5-7-19(23)12-18)21(27)13-17-8-10-20(24)11-9-17/h5-12,15-16H,4,13-14H2,1-3H3,(H,25,28)/t15-,16+/m1/s1. The van der Waals surface area contributed by atoms with Gasteiger partial charge in [-0.25, -0.2) is 0 Å². The number of halogens is 2. The van der Waals surface area contributed by atoms with Crippen LogP contribution in [0, 0.1) is 0 Å². The summed E-state index contributed by atoms with van der Waals surface area (Å²) >= 11 is 9.40. The minimum absolute atomic E-state index is 0.0639. The molecule has 2 aromatic rings. The number of benzene rings is 2. The van der Waals surface area contributed by atoms with Gasteiger partial charge in [0.25, 0.3) is 0 Å². The van der Waals surface area contributed by atoms with Gasteiger partial charge < -0.3 is 10.2 Å². The third-order valence-electron chi connectivity index (χ3n) is 4.68. The zero-order valence-corrected chi connectivity index (χ0v) is 18.8. The number of nitrogens with one attached hydrogen (secondary N) is 1. The molecule has 0 aromatic heterocycles. The summed E-state index contributed by atoms with van der Waals surface area (Å²) in [6.07, 6.45) is 1.05. The van der Waals surface area contributed by atoms with Crippen molar-refractivity contribution in [1.29, 1.82) is 0 Å². The average molecular weight is 466 g/mol. The van der Waals surface area contributed by atoms with Crippen LogP contribution in [-0.2, 0) is 22.6 Å². The lowest BCUT2D eigenvalue weighted by atomic mass is 10.1. The molecule has 0 radical (unpaired) electrons. The van der Waals surface area contributed by atoms with Crippen LogP contribution in [0.3, 0.4) is 0 Å². The van der Waals surface area contributed by atoms with Crippen molar-refractivity contribution < 1.29 is 9.59 Å². The van der Waals surface area contributed by atoms with Gasteiger partial charge in [0.05, 0.1) is 6.42 Å². The smallest absolute Gasteiger partial charge is 0.242 e. The van der Waals surface area contributed by atoms with Crippen LogP contribution in [0.5, 0.6) is 0 Å². The van der Waals surface area contributed by atoms with E-state index in [0.29, 0.717) is 11.6 Å². The molecule has 0 fully saturated rings. The highest BCUT2D eigenvalue weighted by atomic mass is 79.9. The summed E-state index contributed by atoms with van der Waals surface area (Å²) in [7, 11) is 0. The van der Waals surface area contributed by atoms with Crippen LogP contribution in [0.25, 0.3) is 0 Å². The number of hydrogen-bond donors (Lipinski definition) is 1. The molecule has 0 heterocycles. The van der Waals surface area contributed by atoms with Crippen molar-refractivity contribution in [3.8, 4) is 0 Å². The van der Waals surface area contributed by atoms with Gasteiger partial charge in [-0.3, -0.25) is 9.59 Å². The molecule has 6 heteroatoms. The van der Waals surface area contributed by atoms with Gasteiger partial charge in [-0.2, -0.15) is 0 Å². The Morgan fingerprint density at radius 1 is 1.11 bits per heavy atom. The second-order valence-corrected chi connectivity index (χ2v) is 8.30. The number of nitrogens with zero attached hydrogens (tertiary/aromatic N) is 1. The van der Waals surface area contributed by atoms with Crippen molar-refractivity contribution in [3.05, 3.63) is 69.2 Å². The summed E-state index contributed by atoms with van der Waals surface area (Å²) in [5.41, 5.74) is 1.82. The number of rotatable bonds is 8. The van der Waals surface area contributed by atoms with E-state index in [2.05, 4.69) is 21.2 Å². The quantitative estimate of drug-likeness (QED) is 0.598. The molecular weight excluding hydrogens is 440 g/mol. The van der Waals surface area contributed by atoms with Crippen molar-refractivity contribution in [2.45, 2.75) is 52.2 Å². The fourth-order valence-corrected chi connectivity index (χ4v) is 3.33. The Labute approximate surface area is 180 Å². The number of carbonyl (C=O) groups excluding carboxylic acids is 2. The molecule has 0 aliphatic heterocycles. The molecule has 0 bridgehead atoms. The van der Waals surface area contributed by atoms with E-state index in [-0.39, 0.29) is 24.3 Å². The van der Waals surface area contributed by atoms with Crippen LogP contribution >= 0.6 is 27.5 Å². The van der Waals surface area contributed by atoms with Crippen molar-refractivity contribution in [3.63, 3.8) is 0 Å². The molecule has 2 aromatic carbocycles. The largest absolute Gasteiger partial charge is 0.352 e. The normalized spacial score (nSPS) is 12.9. The zero-order valence-electron chi connectivity index (χ0n) is 16.4. The third-order valence-corrected chi connectivity index (χ3v) is 5.42. The summed E-state index contributed by atoms with van der Waals surface area (Å²) in [5.74, 6) is -0.247. The van der Waals surface area contributed by atoms with E-state index in [4.69, 9.17) is 11.6 Å². The minimum Gasteiger partial charge on any atom is -0.352 e. The Morgan fingerprint density at radius 3 is 2.39 bits per heavy atom. The Morgan fingerprint density at radius 2 is 1.79 bits per heavy atom. The van der Waals surface area contributed by atoms with E-state index in [1.54, 1.807) is 24.0 Å². The second-order valence-electron chi connectivity index (χ2n) is 6.95. The van der Waals surface area contributed by atoms with Gasteiger partial charge in [0.1, 0.15) is 6.04 Å². The predicted molar refractivity (Wildman–Crippen MR) is 117 cm³/mol. The molecular formula is C22H26BrClN2O2. The lowest BCUT2D eigenvalue weighted by molar-refractivity contribution is -0.140. The SMILES string of the molecule is CC[C@@H](C)NC(=O)[C@H](C)N(Cc1cccc(Br)c1)C(=O)Cc1ccc(Cl)cc1. The van der Waals surface area contributed by atoms with Crippen molar-refractivity contribution in [2.75, 3.05) is 0 Å². The number of amides is 2. The van der Waals surface area contributed by atoms with Gasteiger partial charge in [0, 0.05) is 22.1 Å². The molecule has 2 amide bonds. The van der Waals surface area contributed by atoms with E-state index < -0.39 is 6.04 Å². The maximum absolute atomic E-state index is 13.1. The molecule has 0 saturated carbocycles. The van der Waals surface area contributed by atoms with E-state index in [9.17, 15) is 9.59 Å². The van der Waals surface area contributed by atoms with Crippen LogP contribution in [-0.4, -0.2) is 28.8 Å². The average Bonchev–Trinajstić information content (AvgIpc) is 2.67. The first-order valence-corrected chi connectivity index (χ1v) is 10.6. The van der Waals surface area contributed by atoms with Crippen LogP contribution in [0.1, 0.15) is 38.3 Å². The first-order chi connectivity index (χ1) is 13.3. The van der Waals surface area contributed by atoms with Crippen LogP contribution in [0.4, 0.5) is 0 Å². The maximum atomic E-state index is 13.1. The molecule has 28 heavy (non-hydrogen) atoms. The van der Waals surface area contributed by atoms with E-state index >= 15 is 0 Å². The molecule has 0 saturated heterocycles. The van der Waals surface area contributed by atoms with Gasteiger partial charge in [-0.05, 0) is 55.7 Å². The second kappa shape index (κ2) is 10.6. The third kappa shape index (κ3) is 6.64. The van der Waals surface area contributed by atoms with Crippen molar-refractivity contribution in [2.24, 2.45) is 0 Å². The Hall–Kier alpha value is -1.85. The van der Waals surface area contributed by atoms with Crippen molar-refractivity contribution in [1.82, 2.24) is 10.2 Å². The minimum atomic E-state index is -0.576. The summed E-state index contributed by atoms with van der Waals surface area (Å²) in [6.45, 7) is 6.11. The lowest BCUT2D eigenvalue weighted by Crippen LogP contribution is -2.49. The van der Waals surface area contributed by atoms with Gasteiger partial charge >= 0.3 is 0 Å². The number of carbonyl (C=O) groups is 2. The fourth-order valence-electron chi connectivity index (χ4n) is 2.76. The van der Waals surface area contributed by atoms with Crippen molar-refractivity contribution >= 4 is 39.3 Å². The molecule has 2 rings (SSSR count). The predicted octanol–water partition coefficient (Wildman–Crippen LogP) is 4.98. The Balaban J connectivity index is 2.22. The summed E-state index contributed by atoms with van der Waals surface area (Å²) in [6, 6.07) is 14.5. The van der Waals surface area contributed by atoms with Gasteiger partial charge in [0.15, 0.2) is 0 Å². The summed E-state index contributed by atoms with van der Waals surface area (Å²) in [4.78, 5) is 27.4. The molecule has 1 N–H and O–H groups in total. The van der Waals surface area contributed by atoms with E-state index in [0.717, 1.165) is 22.0 Å². The molecule has 2 atom stereocenters. The maximum Gasteiger partial charge on any atom is 0.242 e. The lowest BCUT2D eigenvalue weighted by Gasteiger charge is -2.30. The van der Waals surface area contributed by atoms with Gasteiger partial charge in [-0.1, -0.05) is 58.7 Å². The molecule has 0 aliphatic carbocycles. The monoisotopic (exact) mass is 464 g/mol. The Bertz CT molecular complexity index is 810. The van der Waals surface area contributed by atoms with Crippen LogP contribution in [0.2, 0.25) is 5.02 Å². The molecule has 150 valence electrons. The number of hydrogen-bond acceptors (Lipinski definition) is 2. The highest BCUT2D eigenvalue weighted by Crippen LogP contribution is 2.17. The zero-order chi connectivity index (χ0) is 20.7. The first-order valence-electron chi connectivity index (χ1n) is 9.39. The van der Waals surface area contributed by atoms with Crippen LogP contribution in [0.15, 0.2) is 53.0 Å². The van der Waals surface area contributed by atoms with E-state index in [1.165, 1.54) is 0 Å². The van der Waals surface area contributed by atoms with Crippen LogP contribution < -0.4 is 5.32 Å². The molecule has 0 aliphatic rings. The first kappa shape index (κ1) is 22.4. The molecule has 4 nitrogen and oxygen atoms in total. The summed E-state index contributed by atoms with van der Waals surface area (Å²) < 4.78 is 0.937. The highest BCUT2D eigenvalue weighted by Gasteiger charge is 2.26.